The second-order valence-corrected chi connectivity index (χ2v) is 11.1. The molecule has 0 spiro atoms. The standard InChI is InChI=1S/C26H29FN6O4S/c1-15-13-33-14-16(12-18(27)22(33)28-15)29-23(34)17-6-7-19(21-20(17)30-24(36-5)38-21)31-8-10-32(11-9-31)25(35)37-26(2,3)4/h6-7,12-14H,8-11H2,1-5H3,(H,29,34). The summed E-state index contributed by atoms with van der Waals surface area (Å²) in [7, 11) is 1.53. The van der Waals surface area contributed by atoms with Gasteiger partial charge in [0.25, 0.3) is 11.1 Å². The average molecular weight is 541 g/mol. The van der Waals surface area contributed by atoms with Crippen LogP contribution in [0.2, 0.25) is 0 Å². The number of carbonyl (C=O) groups is 2. The third-order valence-electron chi connectivity index (χ3n) is 6.08. The molecule has 5 rings (SSSR count). The van der Waals surface area contributed by atoms with Gasteiger partial charge in [0, 0.05) is 44.6 Å². The molecular weight excluding hydrogens is 511 g/mol. The first-order valence-corrected chi connectivity index (χ1v) is 13.0. The Labute approximate surface area is 223 Å². The quantitative estimate of drug-likeness (QED) is 0.400. The topological polar surface area (TPSA) is 101 Å². The van der Waals surface area contributed by atoms with Gasteiger partial charge in [-0.25, -0.2) is 19.2 Å². The number of anilines is 2. The average Bonchev–Trinajstić information content (AvgIpc) is 3.46. The first-order valence-electron chi connectivity index (χ1n) is 12.2. The van der Waals surface area contributed by atoms with Crippen LogP contribution < -0.4 is 15.0 Å². The van der Waals surface area contributed by atoms with Crippen molar-refractivity contribution < 1.29 is 23.5 Å². The first-order chi connectivity index (χ1) is 18.0. The van der Waals surface area contributed by atoms with Gasteiger partial charge in [-0.3, -0.25) is 4.79 Å². The van der Waals surface area contributed by atoms with Crippen molar-refractivity contribution in [3.05, 3.63) is 47.7 Å². The number of hydrogen-bond donors (Lipinski definition) is 1. The Kier molecular flexibility index (Phi) is 6.59. The number of halogens is 1. The van der Waals surface area contributed by atoms with E-state index in [0.29, 0.717) is 53.8 Å². The third-order valence-corrected chi connectivity index (χ3v) is 7.12. The summed E-state index contributed by atoms with van der Waals surface area (Å²) in [5.41, 5.74) is 2.37. The number of nitrogens with zero attached hydrogens (tertiary/aromatic N) is 5. The number of aromatic nitrogens is 3. The van der Waals surface area contributed by atoms with Crippen LogP contribution >= 0.6 is 11.3 Å². The second-order valence-electron chi connectivity index (χ2n) is 10.1. The fourth-order valence-corrected chi connectivity index (χ4v) is 5.34. The number of ether oxygens (including phenoxy) is 2. The van der Waals surface area contributed by atoms with Gasteiger partial charge in [-0.15, -0.1) is 0 Å². The number of methoxy groups -OCH3 is 1. The van der Waals surface area contributed by atoms with Crippen LogP contribution in [0.4, 0.5) is 20.6 Å². The Hall–Kier alpha value is -3.93. The van der Waals surface area contributed by atoms with Gasteiger partial charge in [-0.1, -0.05) is 11.3 Å². The van der Waals surface area contributed by atoms with E-state index < -0.39 is 17.3 Å². The van der Waals surface area contributed by atoms with E-state index in [1.807, 2.05) is 26.8 Å². The van der Waals surface area contributed by atoms with Crippen molar-refractivity contribution in [3.8, 4) is 5.19 Å². The minimum Gasteiger partial charge on any atom is -0.473 e. The van der Waals surface area contributed by atoms with Crippen LogP contribution in [0.15, 0.2) is 30.6 Å². The Morgan fingerprint density at radius 2 is 1.84 bits per heavy atom. The highest BCUT2D eigenvalue weighted by molar-refractivity contribution is 7.21. The number of piperazine rings is 1. The smallest absolute Gasteiger partial charge is 0.410 e. The van der Waals surface area contributed by atoms with Gasteiger partial charge >= 0.3 is 6.09 Å². The summed E-state index contributed by atoms with van der Waals surface area (Å²) in [5, 5.41) is 3.21. The predicted molar refractivity (Wildman–Crippen MR) is 144 cm³/mol. The maximum Gasteiger partial charge on any atom is 0.410 e. The lowest BCUT2D eigenvalue weighted by atomic mass is 10.1. The van der Waals surface area contributed by atoms with Crippen LogP contribution in [-0.2, 0) is 4.74 Å². The molecule has 1 N–H and O–H groups in total. The highest BCUT2D eigenvalue weighted by atomic mass is 32.1. The van der Waals surface area contributed by atoms with Gasteiger partial charge in [0.2, 0.25) is 0 Å². The highest BCUT2D eigenvalue weighted by Crippen LogP contribution is 2.38. The number of carbonyl (C=O) groups excluding carboxylic acids is 2. The number of fused-ring (bicyclic) bond motifs is 2. The molecule has 0 bridgehead atoms. The van der Waals surface area contributed by atoms with E-state index in [4.69, 9.17) is 9.47 Å². The minimum absolute atomic E-state index is 0.197. The molecule has 0 radical (unpaired) electrons. The SMILES string of the molecule is COc1nc2c(C(=O)Nc3cc(F)c4nc(C)cn4c3)ccc(N3CCN(C(=O)OC(C)(C)C)CC3)c2s1. The van der Waals surface area contributed by atoms with Crippen LogP contribution in [0.5, 0.6) is 5.19 Å². The molecule has 38 heavy (non-hydrogen) atoms. The van der Waals surface area contributed by atoms with E-state index in [9.17, 15) is 14.0 Å². The molecule has 4 heterocycles. The largest absolute Gasteiger partial charge is 0.473 e. The molecule has 10 nitrogen and oxygen atoms in total. The maximum absolute atomic E-state index is 14.5. The Balaban J connectivity index is 1.39. The first kappa shape index (κ1) is 25.7. The molecule has 1 aromatic carbocycles. The Bertz CT molecular complexity index is 1530. The van der Waals surface area contributed by atoms with Gasteiger partial charge in [-0.05, 0) is 39.8 Å². The number of hydrogen-bond acceptors (Lipinski definition) is 8. The molecule has 1 fully saturated rings. The van der Waals surface area contributed by atoms with Crippen LogP contribution in [0.3, 0.4) is 0 Å². The number of amides is 2. The zero-order valence-electron chi connectivity index (χ0n) is 21.9. The van der Waals surface area contributed by atoms with Gasteiger partial charge in [0.15, 0.2) is 11.5 Å². The van der Waals surface area contributed by atoms with E-state index in [1.54, 1.807) is 34.7 Å². The highest BCUT2D eigenvalue weighted by Gasteiger charge is 2.28. The van der Waals surface area contributed by atoms with Crippen molar-refractivity contribution in [1.82, 2.24) is 19.3 Å². The number of aryl methyl sites for hydroxylation is 1. The molecule has 0 unspecified atom stereocenters. The summed E-state index contributed by atoms with van der Waals surface area (Å²) in [6.45, 7) is 9.54. The van der Waals surface area contributed by atoms with Crippen molar-refractivity contribution >= 4 is 50.6 Å². The van der Waals surface area contributed by atoms with E-state index in [1.165, 1.54) is 24.5 Å². The molecule has 0 aliphatic carbocycles. The molecule has 2 amide bonds. The molecule has 0 atom stereocenters. The lowest BCUT2D eigenvalue weighted by molar-refractivity contribution is 0.0240. The van der Waals surface area contributed by atoms with Gasteiger partial charge in [0.05, 0.1) is 34.4 Å². The van der Waals surface area contributed by atoms with Crippen molar-refractivity contribution in [2.45, 2.75) is 33.3 Å². The summed E-state index contributed by atoms with van der Waals surface area (Å²) in [6.07, 6.45) is 2.98. The minimum atomic E-state index is -0.550. The monoisotopic (exact) mass is 540 g/mol. The molecule has 0 saturated carbocycles. The van der Waals surface area contributed by atoms with Crippen molar-refractivity contribution in [3.63, 3.8) is 0 Å². The lowest BCUT2D eigenvalue weighted by Gasteiger charge is -2.36. The van der Waals surface area contributed by atoms with Crippen LogP contribution in [0.1, 0.15) is 36.8 Å². The molecule has 1 aliphatic rings. The molecule has 200 valence electrons. The molecule has 1 aliphatic heterocycles. The summed E-state index contributed by atoms with van der Waals surface area (Å²) >= 11 is 1.34. The number of thiazole rings is 1. The summed E-state index contributed by atoms with van der Waals surface area (Å²) in [6, 6.07) is 4.83. The number of rotatable bonds is 4. The van der Waals surface area contributed by atoms with Crippen LogP contribution in [-0.4, -0.2) is 70.2 Å². The van der Waals surface area contributed by atoms with Crippen molar-refractivity contribution in [2.24, 2.45) is 0 Å². The maximum atomic E-state index is 14.5. The normalized spacial score (nSPS) is 14.3. The fourth-order valence-electron chi connectivity index (χ4n) is 4.40. The Morgan fingerprint density at radius 1 is 1.11 bits per heavy atom. The van der Waals surface area contributed by atoms with Gasteiger partial charge < -0.3 is 29.0 Å². The third kappa shape index (κ3) is 5.08. The van der Waals surface area contributed by atoms with Crippen molar-refractivity contribution in [1.29, 1.82) is 0 Å². The van der Waals surface area contributed by atoms with Crippen LogP contribution in [0.25, 0.3) is 15.9 Å². The summed E-state index contributed by atoms with van der Waals surface area (Å²) < 4.78 is 27.8. The lowest BCUT2D eigenvalue weighted by Crippen LogP contribution is -2.50. The zero-order chi connectivity index (χ0) is 27.2. The molecule has 3 aromatic heterocycles. The Morgan fingerprint density at radius 3 is 2.53 bits per heavy atom. The van der Waals surface area contributed by atoms with E-state index >= 15 is 0 Å². The second kappa shape index (κ2) is 9.75. The summed E-state index contributed by atoms with van der Waals surface area (Å²) in [5.74, 6) is -0.947. The molecular formula is C26H29FN6O4S. The predicted octanol–water partition coefficient (Wildman–Crippen LogP) is 4.71. The van der Waals surface area contributed by atoms with E-state index in [2.05, 4.69) is 20.2 Å². The van der Waals surface area contributed by atoms with E-state index in [0.717, 1.165) is 10.4 Å². The van der Waals surface area contributed by atoms with Gasteiger partial charge in [0.1, 0.15) is 11.1 Å². The van der Waals surface area contributed by atoms with E-state index in [-0.39, 0.29) is 11.7 Å². The van der Waals surface area contributed by atoms with Crippen LogP contribution in [0, 0.1) is 12.7 Å². The molecule has 1 saturated heterocycles. The van der Waals surface area contributed by atoms with Gasteiger partial charge in [-0.2, -0.15) is 0 Å². The number of imidazole rings is 1. The zero-order valence-corrected chi connectivity index (χ0v) is 22.7. The molecule has 12 heteroatoms. The molecule has 4 aromatic rings. The number of benzene rings is 1. The number of pyridine rings is 1. The summed E-state index contributed by atoms with van der Waals surface area (Å²) in [4.78, 5) is 38.3. The van der Waals surface area contributed by atoms with Crippen molar-refractivity contribution in [2.75, 3.05) is 43.5 Å². The number of nitrogens with one attached hydrogen (secondary N) is 1. The fraction of sp³-hybridized carbons (Fsp3) is 0.385.